The monoisotopic (exact) mass is 504 g/mol. The first-order valence-corrected chi connectivity index (χ1v) is 11.9. The van der Waals surface area contributed by atoms with E-state index in [0.29, 0.717) is 12.1 Å². The Morgan fingerprint density at radius 2 is 1.83 bits per heavy atom. The molecule has 10 nitrogen and oxygen atoms in total. The van der Waals surface area contributed by atoms with Gasteiger partial charge in [-0.2, -0.15) is 0 Å². The van der Waals surface area contributed by atoms with Crippen LogP contribution in [0, 0.1) is 11.8 Å². The van der Waals surface area contributed by atoms with Gasteiger partial charge in [0.25, 0.3) is 0 Å². The van der Waals surface area contributed by atoms with Gasteiger partial charge < -0.3 is 30.0 Å². The smallest absolute Gasteiger partial charge is 0.408 e. The largest absolute Gasteiger partial charge is 0.481 e. The van der Waals surface area contributed by atoms with Gasteiger partial charge in [-0.05, 0) is 51.8 Å². The number of benzene rings is 1. The van der Waals surface area contributed by atoms with Crippen molar-refractivity contribution in [2.24, 2.45) is 0 Å². The molecule has 1 rings (SSSR count). The van der Waals surface area contributed by atoms with E-state index >= 15 is 0 Å². The lowest BCUT2D eigenvalue weighted by atomic mass is 10.0. The maximum absolute atomic E-state index is 12.9. The van der Waals surface area contributed by atoms with Crippen LogP contribution in [0.5, 0.6) is 5.75 Å². The zero-order chi connectivity index (χ0) is 27.1. The molecule has 0 bridgehead atoms. The van der Waals surface area contributed by atoms with E-state index in [1.807, 2.05) is 0 Å². The zero-order valence-electron chi connectivity index (χ0n) is 21.6. The van der Waals surface area contributed by atoms with Crippen LogP contribution in [0.4, 0.5) is 4.79 Å². The Bertz CT molecular complexity index is 972. The Kier molecular flexibility index (Phi) is 12.9. The summed E-state index contributed by atoms with van der Waals surface area (Å²) in [7, 11) is 0. The molecule has 3 N–H and O–H groups in total. The zero-order valence-corrected chi connectivity index (χ0v) is 21.6. The molecule has 1 aromatic rings. The first-order valence-electron chi connectivity index (χ1n) is 11.9. The van der Waals surface area contributed by atoms with Crippen LogP contribution in [0.15, 0.2) is 18.2 Å². The first kappa shape index (κ1) is 30.3. The molecule has 36 heavy (non-hydrogen) atoms. The molecule has 1 unspecified atom stereocenters. The fourth-order valence-corrected chi connectivity index (χ4v) is 2.96. The van der Waals surface area contributed by atoms with Gasteiger partial charge in [-0.15, -0.1) is 0 Å². The van der Waals surface area contributed by atoms with Crippen molar-refractivity contribution in [3.8, 4) is 17.6 Å². The average molecular weight is 505 g/mol. The van der Waals surface area contributed by atoms with E-state index in [0.717, 1.165) is 19.3 Å². The van der Waals surface area contributed by atoms with Crippen LogP contribution in [0.2, 0.25) is 0 Å². The Morgan fingerprint density at radius 3 is 2.44 bits per heavy atom. The number of aliphatic carboxylic acids is 1. The van der Waals surface area contributed by atoms with Crippen LogP contribution in [-0.2, 0) is 30.3 Å². The minimum Gasteiger partial charge on any atom is -0.481 e. The number of nitrogens with one attached hydrogen (secondary N) is 2. The molecule has 0 aliphatic rings. The predicted octanol–water partition coefficient (Wildman–Crippen LogP) is 2.81. The highest BCUT2D eigenvalue weighted by Gasteiger charge is 2.25. The van der Waals surface area contributed by atoms with Gasteiger partial charge in [0.2, 0.25) is 5.91 Å². The van der Waals surface area contributed by atoms with Crippen LogP contribution in [0.1, 0.15) is 65.0 Å². The van der Waals surface area contributed by atoms with Gasteiger partial charge in [-0.25, -0.2) is 14.4 Å². The summed E-state index contributed by atoms with van der Waals surface area (Å²) in [4.78, 5) is 47.9. The summed E-state index contributed by atoms with van der Waals surface area (Å²) < 4.78 is 15.4. The molecule has 0 spiro atoms. The summed E-state index contributed by atoms with van der Waals surface area (Å²) in [5.41, 5.74) is 0.0855. The number of esters is 1. The summed E-state index contributed by atoms with van der Waals surface area (Å²) >= 11 is 0. The number of carboxylic acids is 1. The van der Waals surface area contributed by atoms with Gasteiger partial charge >= 0.3 is 18.0 Å². The van der Waals surface area contributed by atoms with Crippen LogP contribution in [-0.4, -0.2) is 60.4 Å². The van der Waals surface area contributed by atoms with Gasteiger partial charge in [0.1, 0.15) is 17.4 Å². The second kappa shape index (κ2) is 15.3. The number of unbranched alkanes of at least 4 members (excludes halogenated alkanes) is 2. The summed E-state index contributed by atoms with van der Waals surface area (Å²) in [6.45, 7) is 8.88. The standard InChI is InChI=1S/C26H36N2O8/c1-6-8-9-14-27-24(32)20(28-25(33)36-26(3,4)5)16-18-10-12-21(35-17-22(29)30)19(15-18)11-13-23(31)34-7-2/h10,12,15,20H,6-9,14,16-17H2,1-5H3,(H,27,32)(H,28,33)(H,29,30). The molecule has 0 aliphatic carbocycles. The molecule has 0 radical (unpaired) electrons. The van der Waals surface area contributed by atoms with E-state index < -0.39 is 36.3 Å². The second-order valence-corrected chi connectivity index (χ2v) is 8.88. The Morgan fingerprint density at radius 1 is 1.11 bits per heavy atom. The van der Waals surface area contributed by atoms with Crippen molar-refractivity contribution in [1.82, 2.24) is 10.6 Å². The Hall–Kier alpha value is -3.74. The summed E-state index contributed by atoms with van der Waals surface area (Å²) in [5.74, 6) is 2.81. The number of hydrogen-bond donors (Lipinski definition) is 3. The molecule has 198 valence electrons. The molecular weight excluding hydrogens is 468 g/mol. The van der Waals surface area contributed by atoms with E-state index in [9.17, 15) is 19.2 Å². The van der Waals surface area contributed by atoms with Gasteiger partial charge in [0.15, 0.2) is 6.61 Å². The molecule has 10 heteroatoms. The first-order chi connectivity index (χ1) is 16.9. The molecular formula is C26H36N2O8. The lowest BCUT2D eigenvalue weighted by Crippen LogP contribution is -2.49. The number of carbonyl (C=O) groups excluding carboxylic acids is 3. The second-order valence-electron chi connectivity index (χ2n) is 8.88. The quantitative estimate of drug-likeness (QED) is 0.224. The lowest BCUT2D eigenvalue weighted by Gasteiger charge is -2.23. The highest BCUT2D eigenvalue weighted by atomic mass is 16.6. The molecule has 2 amide bonds. The number of carbonyl (C=O) groups is 4. The maximum atomic E-state index is 12.9. The van der Waals surface area contributed by atoms with Crippen molar-refractivity contribution in [2.45, 2.75) is 71.9 Å². The van der Waals surface area contributed by atoms with Crippen LogP contribution < -0.4 is 15.4 Å². The molecule has 0 heterocycles. The lowest BCUT2D eigenvalue weighted by molar-refractivity contribution is -0.139. The molecule has 0 saturated carbocycles. The molecule has 1 aromatic carbocycles. The fourth-order valence-electron chi connectivity index (χ4n) is 2.96. The van der Waals surface area contributed by atoms with Crippen molar-refractivity contribution >= 4 is 23.9 Å². The van der Waals surface area contributed by atoms with Gasteiger partial charge in [0.05, 0.1) is 12.2 Å². The molecule has 0 aliphatic heterocycles. The average Bonchev–Trinajstić information content (AvgIpc) is 2.78. The van der Waals surface area contributed by atoms with Crippen LogP contribution in [0.25, 0.3) is 0 Å². The van der Waals surface area contributed by atoms with Crippen molar-refractivity contribution in [3.63, 3.8) is 0 Å². The van der Waals surface area contributed by atoms with Crippen LogP contribution in [0.3, 0.4) is 0 Å². The summed E-state index contributed by atoms with van der Waals surface area (Å²) in [6.07, 6.45) is 2.13. The van der Waals surface area contributed by atoms with E-state index in [2.05, 4.69) is 29.4 Å². The predicted molar refractivity (Wildman–Crippen MR) is 132 cm³/mol. The third kappa shape index (κ3) is 12.6. The number of hydrogen-bond acceptors (Lipinski definition) is 7. The Balaban J connectivity index is 3.19. The summed E-state index contributed by atoms with van der Waals surface area (Å²) in [5, 5.41) is 14.4. The highest BCUT2D eigenvalue weighted by Crippen LogP contribution is 2.21. The van der Waals surface area contributed by atoms with Gasteiger partial charge in [0, 0.05) is 18.9 Å². The topological polar surface area (TPSA) is 140 Å². The van der Waals surface area contributed by atoms with Crippen molar-refractivity contribution in [2.75, 3.05) is 19.8 Å². The maximum Gasteiger partial charge on any atom is 0.408 e. The third-order valence-corrected chi connectivity index (χ3v) is 4.50. The normalized spacial score (nSPS) is 11.4. The number of amides is 2. The SMILES string of the molecule is CCCCCNC(=O)C(Cc1ccc(OCC(=O)O)c(C#CC(=O)OCC)c1)NC(=O)OC(C)(C)C. The molecule has 0 saturated heterocycles. The highest BCUT2D eigenvalue weighted by molar-refractivity contribution is 5.89. The van der Waals surface area contributed by atoms with E-state index in [1.165, 1.54) is 6.07 Å². The Labute approximate surface area is 212 Å². The number of ether oxygens (including phenoxy) is 3. The third-order valence-electron chi connectivity index (χ3n) is 4.50. The van der Waals surface area contributed by atoms with E-state index in [1.54, 1.807) is 39.8 Å². The molecule has 0 fully saturated rings. The van der Waals surface area contributed by atoms with Gasteiger partial charge in [-0.1, -0.05) is 31.8 Å². The molecule has 1 atom stereocenters. The van der Waals surface area contributed by atoms with Crippen LogP contribution >= 0.6 is 0 Å². The molecule has 0 aromatic heterocycles. The van der Waals surface area contributed by atoms with Gasteiger partial charge in [-0.3, -0.25) is 4.79 Å². The number of alkyl carbamates (subject to hydrolysis) is 1. The fraction of sp³-hybridized carbons (Fsp3) is 0.538. The minimum absolute atomic E-state index is 0.0894. The van der Waals surface area contributed by atoms with Crippen molar-refractivity contribution in [1.29, 1.82) is 0 Å². The van der Waals surface area contributed by atoms with E-state index in [-0.39, 0.29) is 30.2 Å². The van der Waals surface area contributed by atoms with Crippen molar-refractivity contribution in [3.05, 3.63) is 29.3 Å². The van der Waals surface area contributed by atoms with E-state index in [4.69, 9.17) is 19.3 Å². The number of rotatable bonds is 12. The van der Waals surface area contributed by atoms with Crippen molar-refractivity contribution < 1.29 is 38.5 Å². The number of carboxylic acid groups (broad SMARTS) is 1. The minimum atomic E-state index is -1.18. The summed E-state index contributed by atoms with van der Waals surface area (Å²) in [6, 6.07) is 3.74.